The van der Waals surface area contributed by atoms with Crippen LogP contribution in [0.5, 0.6) is 0 Å². The first kappa shape index (κ1) is 17.5. The molecule has 0 aliphatic rings. The van der Waals surface area contributed by atoms with Crippen LogP contribution < -0.4 is 16.0 Å². The zero-order valence-corrected chi connectivity index (χ0v) is 15.4. The largest absolute Gasteiger partial charge is 0.356 e. The summed E-state index contributed by atoms with van der Waals surface area (Å²) in [7, 11) is 0. The molecule has 0 aromatic heterocycles. The van der Waals surface area contributed by atoms with Gasteiger partial charge in [-0.25, -0.2) is 0 Å². The standard InChI is InChI=1S/C19H15Cl2N3S/c20-17-11-10-16(12-18(17)21)24-19(25)23-15-8-6-14(7-9-15)22-13-4-2-1-3-5-13/h1-12,22H,(H2,23,24,25). The van der Waals surface area contributed by atoms with E-state index in [1.807, 2.05) is 60.7 Å². The Morgan fingerprint density at radius 3 is 1.88 bits per heavy atom. The predicted octanol–water partition coefficient (Wildman–Crippen LogP) is 6.55. The minimum atomic E-state index is 0.474. The van der Waals surface area contributed by atoms with Gasteiger partial charge in [-0.2, -0.15) is 0 Å². The zero-order valence-electron chi connectivity index (χ0n) is 13.1. The van der Waals surface area contributed by atoms with Crippen LogP contribution in [0.2, 0.25) is 10.0 Å². The van der Waals surface area contributed by atoms with E-state index in [-0.39, 0.29) is 0 Å². The molecule has 0 amide bonds. The lowest BCUT2D eigenvalue weighted by Gasteiger charge is -2.12. The Balaban J connectivity index is 1.59. The van der Waals surface area contributed by atoms with Gasteiger partial charge in [0.05, 0.1) is 10.0 Å². The number of halogens is 2. The molecule has 0 radical (unpaired) electrons. The van der Waals surface area contributed by atoms with Gasteiger partial charge in [0, 0.05) is 22.7 Å². The third-order valence-corrected chi connectivity index (χ3v) is 4.33. The van der Waals surface area contributed by atoms with E-state index in [1.54, 1.807) is 12.1 Å². The predicted molar refractivity (Wildman–Crippen MR) is 112 cm³/mol. The molecule has 3 rings (SSSR count). The first-order valence-corrected chi connectivity index (χ1v) is 8.72. The molecule has 0 spiro atoms. The van der Waals surface area contributed by atoms with E-state index in [4.69, 9.17) is 35.4 Å². The fraction of sp³-hybridized carbons (Fsp3) is 0. The second-order valence-electron chi connectivity index (χ2n) is 5.28. The minimum Gasteiger partial charge on any atom is -0.356 e. The molecule has 0 fully saturated rings. The van der Waals surface area contributed by atoms with Crippen molar-refractivity contribution in [1.29, 1.82) is 0 Å². The van der Waals surface area contributed by atoms with Crippen LogP contribution in [0.15, 0.2) is 72.8 Å². The topological polar surface area (TPSA) is 36.1 Å². The summed E-state index contributed by atoms with van der Waals surface area (Å²) in [5.41, 5.74) is 3.70. The van der Waals surface area contributed by atoms with Gasteiger partial charge in [0.25, 0.3) is 0 Å². The van der Waals surface area contributed by atoms with Crippen molar-refractivity contribution < 1.29 is 0 Å². The number of anilines is 4. The maximum absolute atomic E-state index is 6.00. The number of thiocarbonyl (C=S) groups is 1. The van der Waals surface area contributed by atoms with E-state index in [9.17, 15) is 0 Å². The number of rotatable bonds is 4. The summed E-state index contributed by atoms with van der Waals surface area (Å²) in [6.45, 7) is 0. The molecule has 0 unspecified atom stereocenters. The van der Waals surface area contributed by atoms with Gasteiger partial charge in [-0.15, -0.1) is 0 Å². The maximum atomic E-state index is 6.00. The monoisotopic (exact) mass is 387 g/mol. The van der Waals surface area contributed by atoms with Gasteiger partial charge in [-0.3, -0.25) is 0 Å². The van der Waals surface area contributed by atoms with E-state index in [0.717, 1.165) is 22.7 Å². The zero-order chi connectivity index (χ0) is 17.6. The van der Waals surface area contributed by atoms with Crippen LogP contribution in [0.25, 0.3) is 0 Å². The molecular weight excluding hydrogens is 373 g/mol. The number of hydrogen-bond donors (Lipinski definition) is 3. The highest BCUT2D eigenvalue weighted by Crippen LogP contribution is 2.25. The van der Waals surface area contributed by atoms with Crippen LogP contribution in [0.4, 0.5) is 22.7 Å². The Bertz CT molecular complexity index is 868. The highest BCUT2D eigenvalue weighted by atomic mass is 35.5. The number of benzene rings is 3. The highest BCUT2D eigenvalue weighted by Gasteiger charge is 2.03. The summed E-state index contributed by atoms with van der Waals surface area (Å²) in [5.74, 6) is 0. The van der Waals surface area contributed by atoms with Crippen molar-refractivity contribution in [3.63, 3.8) is 0 Å². The normalized spacial score (nSPS) is 10.2. The van der Waals surface area contributed by atoms with Gasteiger partial charge in [0.1, 0.15) is 0 Å². The molecule has 0 saturated heterocycles. The molecule has 25 heavy (non-hydrogen) atoms. The van der Waals surface area contributed by atoms with Gasteiger partial charge < -0.3 is 16.0 Å². The summed E-state index contributed by atoms with van der Waals surface area (Å²) in [6, 6.07) is 23.1. The lowest BCUT2D eigenvalue weighted by atomic mass is 10.2. The van der Waals surface area contributed by atoms with Crippen molar-refractivity contribution in [2.24, 2.45) is 0 Å². The fourth-order valence-corrected chi connectivity index (χ4v) is 2.73. The molecule has 0 heterocycles. The molecule has 3 aromatic carbocycles. The Morgan fingerprint density at radius 1 is 0.640 bits per heavy atom. The molecule has 6 heteroatoms. The molecule has 3 nitrogen and oxygen atoms in total. The molecule has 3 aromatic rings. The first-order chi connectivity index (χ1) is 12.1. The van der Waals surface area contributed by atoms with Crippen molar-refractivity contribution in [2.75, 3.05) is 16.0 Å². The van der Waals surface area contributed by atoms with Crippen molar-refractivity contribution in [3.05, 3.63) is 82.8 Å². The molecular formula is C19H15Cl2N3S. The van der Waals surface area contributed by atoms with E-state index < -0.39 is 0 Å². The third-order valence-electron chi connectivity index (χ3n) is 3.38. The van der Waals surface area contributed by atoms with E-state index >= 15 is 0 Å². The highest BCUT2D eigenvalue weighted by molar-refractivity contribution is 7.80. The summed E-state index contributed by atoms with van der Waals surface area (Å²) in [4.78, 5) is 0. The van der Waals surface area contributed by atoms with E-state index in [1.165, 1.54) is 0 Å². The SMILES string of the molecule is S=C(Nc1ccc(Nc2ccccc2)cc1)Nc1ccc(Cl)c(Cl)c1. The quantitative estimate of drug-likeness (QED) is 0.443. The van der Waals surface area contributed by atoms with Crippen molar-refractivity contribution in [1.82, 2.24) is 0 Å². The van der Waals surface area contributed by atoms with Crippen molar-refractivity contribution in [3.8, 4) is 0 Å². The molecule has 0 saturated carbocycles. The second kappa shape index (κ2) is 8.21. The van der Waals surface area contributed by atoms with Crippen LogP contribution in [-0.2, 0) is 0 Å². The molecule has 0 aliphatic carbocycles. The molecule has 0 bridgehead atoms. The lowest BCUT2D eigenvalue weighted by Crippen LogP contribution is -2.18. The van der Waals surface area contributed by atoms with Gasteiger partial charge in [0.15, 0.2) is 5.11 Å². The van der Waals surface area contributed by atoms with Crippen LogP contribution in [0, 0.1) is 0 Å². The van der Waals surface area contributed by atoms with Crippen LogP contribution in [0.3, 0.4) is 0 Å². The average Bonchev–Trinajstić information content (AvgIpc) is 2.61. The van der Waals surface area contributed by atoms with Crippen LogP contribution >= 0.6 is 35.4 Å². The van der Waals surface area contributed by atoms with Gasteiger partial charge in [0.2, 0.25) is 0 Å². The summed E-state index contributed by atoms with van der Waals surface area (Å²) < 4.78 is 0. The Hall–Kier alpha value is -2.27. The lowest BCUT2D eigenvalue weighted by molar-refractivity contribution is 1.54. The average molecular weight is 388 g/mol. The molecule has 0 atom stereocenters. The van der Waals surface area contributed by atoms with Gasteiger partial charge in [-0.05, 0) is 66.8 Å². The summed E-state index contributed by atoms with van der Waals surface area (Å²) in [5, 5.41) is 11.0. The number of nitrogens with one attached hydrogen (secondary N) is 3. The van der Waals surface area contributed by atoms with E-state index in [0.29, 0.717) is 15.2 Å². The molecule has 3 N–H and O–H groups in total. The summed E-state index contributed by atoms with van der Waals surface area (Å²) in [6.07, 6.45) is 0. The fourth-order valence-electron chi connectivity index (χ4n) is 2.19. The molecule has 126 valence electrons. The number of para-hydroxylation sites is 1. The van der Waals surface area contributed by atoms with Crippen LogP contribution in [-0.4, -0.2) is 5.11 Å². The van der Waals surface area contributed by atoms with Crippen molar-refractivity contribution in [2.45, 2.75) is 0 Å². The number of hydrogen-bond acceptors (Lipinski definition) is 2. The Morgan fingerprint density at radius 2 is 1.20 bits per heavy atom. The smallest absolute Gasteiger partial charge is 0.175 e. The molecule has 0 aliphatic heterocycles. The first-order valence-electron chi connectivity index (χ1n) is 7.55. The van der Waals surface area contributed by atoms with Gasteiger partial charge in [-0.1, -0.05) is 41.4 Å². The Labute approximate surface area is 162 Å². The third kappa shape index (κ3) is 5.10. The second-order valence-corrected chi connectivity index (χ2v) is 6.50. The van der Waals surface area contributed by atoms with Crippen LogP contribution in [0.1, 0.15) is 0 Å². The van der Waals surface area contributed by atoms with Crippen molar-refractivity contribution >= 4 is 63.3 Å². The maximum Gasteiger partial charge on any atom is 0.175 e. The van der Waals surface area contributed by atoms with E-state index in [2.05, 4.69) is 16.0 Å². The minimum absolute atomic E-state index is 0.474. The summed E-state index contributed by atoms with van der Waals surface area (Å²) >= 11 is 17.2. The van der Waals surface area contributed by atoms with Gasteiger partial charge >= 0.3 is 0 Å². The Kier molecular flexibility index (Phi) is 5.76.